The van der Waals surface area contributed by atoms with E-state index in [1.54, 1.807) is 12.1 Å². The van der Waals surface area contributed by atoms with Gasteiger partial charge in [0.25, 0.3) is 0 Å². The third-order valence-corrected chi connectivity index (χ3v) is 3.42. The van der Waals surface area contributed by atoms with Crippen molar-refractivity contribution in [3.8, 4) is 0 Å². The van der Waals surface area contributed by atoms with E-state index in [0.717, 1.165) is 23.9 Å². The van der Waals surface area contributed by atoms with E-state index in [-0.39, 0.29) is 10.5 Å². The van der Waals surface area contributed by atoms with Gasteiger partial charge in [-0.15, -0.1) is 0 Å². The summed E-state index contributed by atoms with van der Waals surface area (Å²) >= 11 is 6.54. The van der Waals surface area contributed by atoms with Crippen molar-refractivity contribution in [3.63, 3.8) is 0 Å². The van der Waals surface area contributed by atoms with Crippen LogP contribution in [0, 0.1) is 11.6 Å². The molecular weight excluding hydrogens is 280 g/mol. The number of aliphatic hydroxyl groups excluding tert-OH is 1. The van der Waals surface area contributed by atoms with Crippen molar-refractivity contribution in [2.24, 2.45) is 0 Å². The van der Waals surface area contributed by atoms with Crippen LogP contribution in [0.25, 0.3) is 0 Å². The molecule has 94 valence electrons. The maximum atomic E-state index is 13.6. The molecule has 0 aliphatic heterocycles. The largest absolute Gasteiger partial charge is 0.392 e. The number of aromatic nitrogens is 1. The zero-order valence-corrected chi connectivity index (χ0v) is 10.6. The molecule has 1 aromatic heterocycles. The van der Waals surface area contributed by atoms with E-state index >= 15 is 0 Å². The molecule has 6 heteroatoms. The maximum absolute atomic E-state index is 13.6. The lowest BCUT2D eigenvalue weighted by Crippen LogP contribution is -1.93. The first-order chi connectivity index (χ1) is 8.60. The first kappa shape index (κ1) is 13.3. The van der Waals surface area contributed by atoms with Crippen molar-refractivity contribution in [1.29, 1.82) is 0 Å². The topological polar surface area (TPSA) is 33.1 Å². The van der Waals surface area contributed by atoms with Gasteiger partial charge in [0, 0.05) is 6.20 Å². The van der Waals surface area contributed by atoms with Gasteiger partial charge in [0.2, 0.25) is 0 Å². The molecule has 0 saturated heterocycles. The lowest BCUT2D eigenvalue weighted by atomic mass is 10.2. The summed E-state index contributed by atoms with van der Waals surface area (Å²) in [5.74, 6) is -1.44. The van der Waals surface area contributed by atoms with Crippen LogP contribution in [-0.4, -0.2) is 10.1 Å². The van der Waals surface area contributed by atoms with Crippen LogP contribution >= 0.6 is 23.4 Å². The van der Waals surface area contributed by atoms with Gasteiger partial charge >= 0.3 is 0 Å². The van der Waals surface area contributed by atoms with E-state index < -0.39 is 18.2 Å². The van der Waals surface area contributed by atoms with E-state index in [1.165, 1.54) is 6.20 Å². The van der Waals surface area contributed by atoms with Crippen LogP contribution in [0.3, 0.4) is 0 Å². The first-order valence-electron chi connectivity index (χ1n) is 4.98. The number of benzene rings is 1. The van der Waals surface area contributed by atoms with Crippen molar-refractivity contribution in [1.82, 2.24) is 4.98 Å². The minimum Gasteiger partial charge on any atom is -0.392 e. The fourth-order valence-electron chi connectivity index (χ4n) is 1.33. The van der Waals surface area contributed by atoms with Gasteiger partial charge in [0.15, 0.2) is 0 Å². The SMILES string of the molecule is OCc1cc(F)c(Sc2ccc(Cl)cn2)c(F)c1. The van der Waals surface area contributed by atoms with Crippen molar-refractivity contribution in [2.75, 3.05) is 0 Å². The molecule has 0 amide bonds. The Bertz CT molecular complexity index is 539. The molecule has 1 heterocycles. The summed E-state index contributed by atoms with van der Waals surface area (Å²) in [5.41, 5.74) is 0.193. The summed E-state index contributed by atoms with van der Waals surface area (Å²) < 4.78 is 27.3. The Morgan fingerprint density at radius 2 is 1.89 bits per heavy atom. The van der Waals surface area contributed by atoms with E-state index in [4.69, 9.17) is 16.7 Å². The average Bonchev–Trinajstić information content (AvgIpc) is 2.35. The predicted octanol–water partition coefficient (Wildman–Crippen LogP) is 3.66. The second-order valence-electron chi connectivity index (χ2n) is 3.46. The Morgan fingerprint density at radius 1 is 1.22 bits per heavy atom. The zero-order valence-electron chi connectivity index (χ0n) is 9.03. The zero-order chi connectivity index (χ0) is 13.1. The van der Waals surface area contributed by atoms with Crippen LogP contribution in [0.1, 0.15) is 5.56 Å². The quantitative estimate of drug-likeness (QED) is 0.935. The summed E-state index contributed by atoms with van der Waals surface area (Å²) in [6, 6.07) is 5.36. The van der Waals surface area contributed by atoms with E-state index in [0.29, 0.717) is 10.0 Å². The Labute approximate surface area is 112 Å². The van der Waals surface area contributed by atoms with Crippen LogP contribution in [0.5, 0.6) is 0 Å². The van der Waals surface area contributed by atoms with E-state index in [1.807, 2.05) is 0 Å². The molecule has 18 heavy (non-hydrogen) atoms. The smallest absolute Gasteiger partial charge is 0.140 e. The number of pyridine rings is 1. The summed E-state index contributed by atoms with van der Waals surface area (Å²) in [5, 5.41) is 9.72. The van der Waals surface area contributed by atoms with Crippen LogP contribution in [0.2, 0.25) is 5.02 Å². The molecule has 0 aliphatic carbocycles. The number of rotatable bonds is 3. The lowest BCUT2D eigenvalue weighted by molar-refractivity contribution is 0.280. The molecule has 2 nitrogen and oxygen atoms in total. The predicted molar refractivity (Wildman–Crippen MR) is 65.7 cm³/mol. The fourth-order valence-corrected chi connectivity index (χ4v) is 2.20. The maximum Gasteiger partial charge on any atom is 0.140 e. The fraction of sp³-hybridized carbons (Fsp3) is 0.0833. The highest BCUT2D eigenvalue weighted by Crippen LogP contribution is 2.31. The van der Waals surface area contributed by atoms with Gasteiger partial charge < -0.3 is 5.11 Å². The summed E-state index contributed by atoms with van der Waals surface area (Å²) in [4.78, 5) is 3.80. The summed E-state index contributed by atoms with van der Waals surface area (Å²) in [6.07, 6.45) is 1.40. The number of hydrogen-bond donors (Lipinski definition) is 1. The van der Waals surface area contributed by atoms with E-state index in [2.05, 4.69) is 4.98 Å². The third kappa shape index (κ3) is 2.98. The molecule has 0 fully saturated rings. The van der Waals surface area contributed by atoms with Gasteiger partial charge in [-0.3, -0.25) is 0 Å². The molecule has 0 aliphatic rings. The molecule has 1 N–H and O–H groups in total. The molecule has 0 spiro atoms. The Morgan fingerprint density at radius 3 is 2.39 bits per heavy atom. The van der Waals surface area contributed by atoms with Crippen molar-refractivity contribution in [2.45, 2.75) is 16.5 Å². The van der Waals surface area contributed by atoms with Crippen molar-refractivity contribution < 1.29 is 13.9 Å². The molecule has 2 rings (SSSR count). The highest BCUT2D eigenvalue weighted by atomic mass is 35.5. The van der Waals surface area contributed by atoms with Crippen molar-refractivity contribution >= 4 is 23.4 Å². The minimum absolute atomic E-state index is 0.151. The van der Waals surface area contributed by atoms with Gasteiger partial charge in [-0.25, -0.2) is 13.8 Å². The van der Waals surface area contributed by atoms with Crippen molar-refractivity contribution in [3.05, 3.63) is 52.7 Å². The van der Waals surface area contributed by atoms with Gasteiger partial charge in [-0.05, 0) is 29.8 Å². The third-order valence-electron chi connectivity index (χ3n) is 2.15. The normalized spacial score (nSPS) is 10.7. The lowest BCUT2D eigenvalue weighted by Gasteiger charge is -2.06. The molecule has 1 aromatic carbocycles. The summed E-state index contributed by atoms with van der Waals surface area (Å²) in [7, 11) is 0. The van der Waals surface area contributed by atoms with E-state index in [9.17, 15) is 8.78 Å². The number of nitrogens with zero attached hydrogens (tertiary/aromatic N) is 1. The highest BCUT2D eigenvalue weighted by Gasteiger charge is 2.13. The molecule has 0 radical (unpaired) electrons. The number of halogens is 3. The molecular formula is C12H8ClF2NOS. The highest BCUT2D eigenvalue weighted by molar-refractivity contribution is 7.99. The Kier molecular flexibility index (Phi) is 4.16. The first-order valence-corrected chi connectivity index (χ1v) is 6.18. The number of hydrogen-bond acceptors (Lipinski definition) is 3. The molecule has 0 atom stereocenters. The minimum atomic E-state index is -0.721. The molecule has 0 saturated carbocycles. The van der Waals surface area contributed by atoms with Crippen LogP contribution in [-0.2, 0) is 6.61 Å². The Balaban J connectivity index is 2.31. The average molecular weight is 288 g/mol. The molecule has 0 bridgehead atoms. The van der Waals surface area contributed by atoms with Gasteiger partial charge in [-0.1, -0.05) is 23.4 Å². The van der Waals surface area contributed by atoms with Crippen LogP contribution in [0.15, 0.2) is 40.4 Å². The van der Waals surface area contributed by atoms with Crippen LogP contribution < -0.4 is 0 Å². The van der Waals surface area contributed by atoms with Crippen LogP contribution in [0.4, 0.5) is 8.78 Å². The second kappa shape index (κ2) is 5.65. The Hall–Kier alpha value is -1.17. The monoisotopic (exact) mass is 287 g/mol. The second-order valence-corrected chi connectivity index (χ2v) is 4.93. The summed E-state index contributed by atoms with van der Waals surface area (Å²) in [6.45, 7) is -0.405. The standard InChI is InChI=1S/C12H8ClF2NOS/c13-8-1-2-11(16-5-8)18-12-9(14)3-7(6-17)4-10(12)15/h1-5,17H,6H2. The van der Waals surface area contributed by atoms with Gasteiger partial charge in [0.1, 0.15) is 16.7 Å². The van der Waals surface area contributed by atoms with Gasteiger partial charge in [-0.2, -0.15) is 0 Å². The molecule has 0 unspecified atom stereocenters. The number of aliphatic hydroxyl groups is 1. The van der Waals surface area contributed by atoms with Gasteiger partial charge in [0.05, 0.1) is 16.5 Å². The molecule has 2 aromatic rings.